The third-order valence-corrected chi connectivity index (χ3v) is 7.18. The summed E-state index contributed by atoms with van der Waals surface area (Å²) < 4.78 is 54.5. The van der Waals surface area contributed by atoms with Gasteiger partial charge in [0.25, 0.3) is 10.0 Å². The van der Waals surface area contributed by atoms with Crippen LogP contribution in [0.4, 0.5) is 20.2 Å². The monoisotopic (exact) mass is 424 g/mol. The van der Waals surface area contributed by atoms with Gasteiger partial charge in [-0.3, -0.25) is 9.52 Å². The smallest absolute Gasteiger partial charge is 0.262 e. The van der Waals surface area contributed by atoms with Crippen LogP contribution in [0, 0.1) is 17.6 Å². The summed E-state index contributed by atoms with van der Waals surface area (Å²) in [5.41, 5.74) is 0.218. The van der Waals surface area contributed by atoms with Gasteiger partial charge in [-0.2, -0.15) is 0 Å². The number of sulfonamides is 1. The minimum Gasteiger partial charge on any atom is -0.310 e. The number of rotatable bonds is 4. The van der Waals surface area contributed by atoms with Gasteiger partial charge in [0.2, 0.25) is 5.91 Å². The lowest BCUT2D eigenvalue weighted by molar-refractivity contribution is -0.119. The Morgan fingerprint density at radius 2 is 1.93 bits per heavy atom. The van der Waals surface area contributed by atoms with Crippen molar-refractivity contribution in [3.05, 3.63) is 48.0 Å². The van der Waals surface area contributed by atoms with Crippen molar-refractivity contribution in [2.75, 3.05) is 16.2 Å². The largest absolute Gasteiger partial charge is 0.310 e. The van der Waals surface area contributed by atoms with Crippen molar-refractivity contribution >= 4 is 39.1 Å². The lowest BCUT2D eigenvalue weighted by atomic mass is 10.2. The van der Waals surface area contributed by atoms with Gasteiger partial charge in [0.1, 0.15) is 11.6 Å². The van der Waals surface area contributed by atoms with E-state index in [0.29, 0.717) is 18.3 Å². The molecule has 1 atom stereocenters. The number of carbonyl (C=O) groups is 1. The average Bonchev–Trinajstić information content (AvgIpc) is 3.47. The van der Waals surface area contributed by atoms with Crippen LogP contribution in [-0.4, -0.2) is 26.1 Å². The summed E-state index contributed by atoms with van der Waals surface area (Å²) in [7, 11) is -4.11. The highest BCUT2D eigenvalue weighted by Gasteiger charge is 2.37. The molecule has 9 heteroatoms. The zero-order chi connectivity index (χ0) is 20.1. The molecule has 1 fully saturated rings. The van der Waals surface area contributed by atoms with Crippen molar-refractivity contribution in [1.29, 1.82) is 0 Å². The molecule has 1 aliphatic heterocycles. The number of benzene rings is 2. The Balaban J connectivity index is 1.68. The van der Waals surface area contributed by atoms with E-state index in [1.54, 1.807) is 22.7 Å². The molecule has 148 valence electrons. The van der Waals surface area contributed by atoms with Gasteiger partial charge in [-0.05, 0) is 43.2 Å². The molecule has 1 N–H and O–H groups in total. The van der Waals surface area contributed by atoms with Gasteiger partial charge in [-0.25, -0.2) is 17.2 Å². The molecule has 2 aliphatic rings. The van der Waals surface area contributed by atoms with Crippen LogP contribution < -0.4 is 9.62 Å². The van der Waals surface area contributed by atoms with Crippen molar-refractivity contribution in [2.45, 2.75) is 34.8 Å². The van der Waals surface area contributed by atoms with Crippen LogP contribution in [-0.2, 0) is 14.8 Å². The Kier molecular flexibility index (Phi) is 4.83. The molecule has 0 radical (unpaired) electrons. The fourth-order valence-corrected chi connectivity index (χ4v) is 5.30. The summed E-state index contributed by atoms with van der Waals surface area (Å²) in [5, 5.41) is 0.198. The van der Waals surface area contributed by atoms with Crippen LogP contribution in [0.5, 0.6) is 0 Å². The Labute approximate surface area is 166 Å². The van der Waals surface area contributed by atoms with Gasteiger partial charge in [0.05, 0.1) is 16.3 Å². The summed E-state index contributed by atoms with van der Waals surface area (Å²) in [6.45, 7) is 2.53. The first-order valence-electron chi connectivity index (χ1n) is 8.84. The van der Waals surface area contributed by atoms with Gasteiger partial charge in [0.15, 0.2) is 0 Å². The number of fused-ring (bicyclic) bond motifs is 1. The maximum absolute atomic E-state index is 13.9. The Hall–Kier alpha value is -2.13. The van der Waals surface area contributed by atoms with Gasteiger partial charge in [-0.1, -0.05) is 6.92 Å². The Morgan fingerprint density at radius 3 is 2.61 bits per heavy atom. The molecule has 28 heavy (non-hydrogen) atoms. The number of anilines is 2. The SMILES string of the molecule is C[C@H]1CN(C(=O)C2CC2)c2cc(S(=O)(=O)Nc3ccc(F)cc3F)ccc2S1. The van der Waals surface area contributed by atoms with Gasteiger partial charge in [0, 0.05) is 28.7 Å². The number of hydrogen-bond donors (Lipinski definition) is 1. The molecule has 2 aromatic rings. The molecule has 1 heterocycles. The normalized spacial score (nSPS) is 19.2. The van der Waals surface area contributed by atoms with Gasteiger partial charge < -0.3 is 4.90 Å². The summed E-state index contributed by atoms with van der Waals surface area (Å²) >= 11 is 1.58. The highest BCUT2D eigenvalue weighted by molar-refractivity contribution is 8.00. The van der Waals surface area contributed by atoms with Gasteiger partial charge in [-0.15, -0.1) is 11.8 Å². The number of thioether (sulfide) groups is 1. The molecular formula is C19H18F2N2O3S2. The summed E-state index contributed by atoms with van der Waals surface area (Å²) in [4.78, 5) is 15.1. The molecule has 1 amide bonds. The van der Waals surface area contributed by atoms with Crippen LogP contribution in [0.25, 0.3) is 0 Å². The van der Waals surface area contributed by atoms with Crippen LogP contribution >= 0.6 is 11.8 Å². The molecule has 4 rings (SSSR count). The Morgan fingerprint density at radius 1 is 1.18 bits per heavy atom. The van der Waals surface area contributed by atoms with Crippen molar-refractivity contribution in [2.24, 2.45) is 5.92 Å². The Bertz CT molecular complexity index is 1060. The molecule has 0 spiro atoms. The van der Waals surface area contributed by atoms with Crippen LogP contribution in [0.1, 0.15) is 19.8 Å². The fourth-order valence-electron chi connectivity index (χ4n) is 3.12. The van der Waals surface area contributed by atoms with E-state index in [9.17, 15) is 22.0 Å². The second-order valence-corrected chi connectivity index (χ2v) is 10.2. The van der Waals surface area contributed by atoms with E-state index < -0.39 is 21.7 Å². The molecule has 1 aliphatic carbocycles. The predicted molar refractivity (Wildman–Crippen MR) is 104 cm³/mol. The predicted octanol–water partition coefficient (Wildman–Crippen LogP) is 4.00. The van der Waals surface area contributed by atoms with E-state index in [1.807, 2.05) is 6.92 Å². The van der Waals surface area contributed by atoms with E-state index in [4.69, 9.17) is 0 Å². The lowest BCUT2D eigenvalue weighted by Gasteiger charge is -2.33. The number of hydrogen-bond acceptors (Lipinski definition) is 4. The standard InChI is InChI=1S/C19H18F2N2O3S2/c1-11-10-23(19(24)12-2-3-12)17-9-14(5-7-18(17)27-11)28(25,26)22-16-6-4-13(20)8-15(16)21/h4-9,11-12,22H,2-3,10H2,1H3/t11-/m0/s1. The van der Waals surface area contributed by atoms with Crippen LogP contribution in [0.15, 0.2) is 46.2 Å². The maximum Gasteiger partial charge on any atom is 0.262 e. The summed E-state index contributed by atoms with van der Waals surface area (Å²) in [6, 6.07) is 7.14. The molecule has 5 nitrogen and oxygen atoms in total. The molecule has 2 aromatic carbocycles. The highest BCUT2D eigenvalue weighted by atomic mass is 32.2. The minimum absolute atomic E-state index is 0.00912. The van der Waals surface area contributed by atoms with Crippen LogP contribution in [0.3, 0.4) is 0 Å². The summed E-state index contributed by atoms with van der Waals surface area (Å²) in [6.07, 6.45) is 1.71. The minimum atomic E-state index is -4.11. The zero-order valence-corrected chi connectivity index (χ0v) is 16.6. The quantitative estimate of drug-likeness (QED) is 0.806. The first-order valence-corrected chi connectivity index (χ1v) is 11.2. The number of nitrogens with one attached hydrogen (secondary N) is 1. The fraction of sp³-hybridized carbons (Fsp3) is 0.316. The summed E-state index contributed by atoms with van der Waals surface area (Å²) in [5.74, 6) is -1.78. The van der Waals surface area contributed by atoms with Crippen molar-refractivity contribution < 1.29 is 22.0 Å². The topological polar surface area (TPSA) is 66.5 Å². The van der Waals surface area contributed by atoms with E-state index in [0.717, 1.165) is 29.9 Å². The number of carbonyl (C=O) groups excluding carboxylic acids is 1. The first kappa shape index (κ1) is 19.2. The van der Waals surface area contributed by atoms with E-state index in [2.05, 4.69) is 4.72 Å². The number of nitrogens with zero attached hydrogens (tertiary/aromatic N) is 1. The number of amides is 1. The zero-order valence-electron chi connectivity index (χ0n) is 15.0. The van der Waals surface area contributed by atoms with Crippen molar-refractivity contribution in [3.63, 3.8) is 0 Å². The lowest BCUT2D eigenvalue weighted by Crippen LogP contribution is -2.39. The number of halogens is 2. The van der Waals surface area contributed by atoms with Crippen LogP contribution in [0.2, 0.25) is 0 Å². The molecule has 0 saturated heterocycles. The molecule has 0 unspecified atom stereocenters. The maximum atomic E-state index is 13.9. The van der Waals surface area contributed by atoms with Crippen molar-refractivity contribution in [1.82, 2.24) is 0 Å². The van der Waals surface area contributed by atoms with E-state index in [1.165, 1.54) is 12.1 Å². The molecule has 0 bridgehead atoms. The third-order valence-electron chi connectivity index (χ3n) is 4.67. The van der Waals surface area contributed by atoms with E-state index in [-0.39, 0.29) is 27.7 Å². The molecular weight excluding hydrogens is 406 g/mol. The second kappa shape index (κ2) is 7.04. The van der Waals surface area contributed by atoms with Crippen molar-refractivity contribution in [3.8, 4) is 0 Å². The molecule has 0 aromatic heterocycles. The second-order valence-electron chi connectivity index (χ2n) is 7.01. The highest BCUT2D eigenvalue weighted by Crippen LogP contribution is 2.42. The first-order chi connectivity index (χ1) is 13.2. The van der Waals surface area contributed by atoms with Gasteiger partial charge >= 0.3 is 0 Å². The third kappa shape index (κ3) is 3.73. The average molecular weight is 424 g/mol. The van der Waals surface area contributed by atoms with E-state index >= 15 is 0 Å². The molecule has 1 saturated carbocycles.